The normalized spacial score (nSPS) is 14.9. The Morgan fingerprint density at radius 2 is 2.05 bits per heavy atom. The summed E-state index contributed by atoms with van der Waals surface area (Å²) in [6, 6.07) is 6.62. The van der Waals surface area contributed by atoms with Gasteiger partial charge in [-0.25, -0.2) is 13.1 Å². The first-order valence-electron chi connectivity index (χ1n) is 6.25. The van der Waals surface area contributed by atoms with E-state index in [0.717, 1.165) is 12.1 Å². The largest absolute Gasteiger partial charge is 0.396 e. The standard InChI is InChI=1S/C13H22N2O3S/c1-4-13(2,10-16)9-15-11-6-5-7-12(8-11)19(17,18)14-3/h5-8,14-16H,4,9-10H2,1-3H3. The van der Waals surface area contributed by atoms with Crippen molar-refractivity contribution in [1.29, 1.82) is 0 Å². The zero-order chi connectivity index (χ0) is 14.5. The van der Waals surface area contributed by atoms with E-state index in [2.05, 4.69) is 10.0 Å². The second-order valence-corrected chi connectivity index (χ2v) is 6.80. The molecule has 0 fully saturated rings. The van der Waals surface area contributed by atoms with E-state index in [4.69, 9.17) is 0 Å². The molecule has 1 atom stereocenters. The zero-order valence-electron chi connectivity index (χ0n) is 11.6. The predicted molar refractivity (Wildman–Crippen MR) is 76.7 cm³/mol. The van der Waals surface area contributed by atoms with E-state index in [1.165, 1.54) is 7.05 Å². The Morgan fingerprint density at radius 3 is 2.58 bits per heavy atom. The molecule has 0 amide bonds. The van der Waals surface area contributed by atoms with Gasteiger partial charge in [0.2, 0.25) is 10.0 Å². The van der Waals surface area contributed by atoms with Crippen LogP contribution in [0.1, 0.15) is 20.3 Å². The molecule has 0 aliphatic carbocycles. The van der Waals surface area contributed by atoms with Gasteiger partial charge >= 0.3 is 0 Å². The molecule has 0 spiro atoms. The minimum absolute atomic E-state index is 0.0883. The quantitative estimate of drug-likeness (QED) is 0.708. The van der Waals surface area contributed by atoms with E-state index in [9.17, 15) is 13.5 Å². The number of benzene rings is 1. The highest BCUT2D eigenvalue weighted by atomic mass is 32.2. The molecule has 19 heavy (non-hydrogen) atoms. The Morgan fingerprint density at radius 1 is 1.37 bits per heavy atom. The monoisotopic (exact) mass is 286 g/mol. The molecule has 1 aromatic rings. The maximum Gasteiger partial charge on any atom is 0.240 e. The average molecular weight is 286 g/mol. The summed E-state index contributed by atoms with van der Waals surface area (Å²) in [5.74, 6) is 0. The van der Waals surface area contributed by atoms with Crippen LogP contribution in [-0.2, 0) is 10.0 Å². The first kappa shape index (κ1) is 15.9. The van der Waals surface area contributed by atoms with Crippen molar-refractivity contribution in [2.45, 2.75) is 25.2 Å². The van der Waals surface area contributed by atoms with Crippen LogP contribution in [0.15, 0.2) is 29.2 Å². The molecule has 0 bridgehead atoms. The highest BCUT2D eigenvalue weighted by Crippen LogP contribution is 2.22. The number of sulfonamides is 1. The highest BCUT2D eigenvalue weighted by Gasteiger charge is 2.20. The van der Waals surface area contributed by atoms with Crippen LogP contribution in [0, 0.1) is 5.41 Å². The number of aliphatic hydroxyl groups excluding tert-OH is 1. The number of nitrogens with one attached hydrogen (secondary N) is 2. The lowest BCUT2D eigenvalue weighted by molar-refractivity contribution is 0.149. The molecule has 1 rings (SSSR count). The van der Waals surface area contributed by atoms with Crippen LogP contribution >= 0.6 is 0 Å². The summed E-state index contributed by atoms with van der Waals surface area (Å²) in [6.07, 6.45) is 0.838. The molecule has 0 radical (unpaired) electrons. The fourth-order valence-corrected chi connectivity index (χ4v) is 2.27. The minimum atomic E-state index is -3.42. The summed E-state index contributed by atoms with van der Waals surface area (Å²) >= 11 is 0. The van der Waals surface area contributed by atoms with Crippen molar-refractivity contribution >= 4 is 15.7 Å². The first-order chi connectivity index (χ1) is 8.87. The SMILES string of the molecule is CCC(C)(CO)CNc1cccc(S(=O)(=O)NC)c1. The zero-order valence-corrected chi connectivity index (χ0v) is 12.4. The van der Waals surface area contributed by atoms with Gasteiger partial charge in [-0.05, 0) is 31.7 Å². The van der Waals surface area contributed by atoms with Gasteiger partial charge in [0.05, 0.1) is 11.5 Å². The fourth-order valence-electron chi connectivity index (χ4n) is 1.50. The van der Waals surface area contributed by atoms with Crippen LogP contribution in [0.2, 0.25) is 0 Å². The summed E-state index contributed by atoms with van der Waals surface area (Å²) in [5, 5.41) is 12.5. The topological polar surface area (TPSA) is 78.4 Å². The Bertz CT molecular complexity index is 510. The molecule has 0 saturated heterocycles. The summed E-state index contributed by atoms with van der Waals surface area (Å²) in [5.41, 5.74) is 0.516. The van der Waals surface area contributed by atoms with Gasteiger partial charge in [-0.15, -0.1) is 0 Å². The Kier molecular flexibility index (Phi) is 5.34. The molecule has 5 nitrogen and oxygen atoms in total. The van der Waals surface area contributed by atoms with Crippen LogP contribution in [0.25, 0.3) is 0 Å². The van der Waals surface area contributed by atoms with Gasteiger partial charge < -0.3 is 10.4 Å². The first-order valence-corrected chi connectivity index (χ1v) is 7.73. The molecule has 1 aromatic carbocycles. The molecule has 0 aliphatic heterocycles. The number of hydrogen-bond acceptors (Lipinski definition) is 4. The van der Waals surface area contributed by atoms with Crippen LogP contribution in [0.4, 0.5) is 5.69 Å². The second-order valence-electron chi connectivity index (χ2n) is 4.91. The smallest absolute Gasteiger partial charge is 0.240 e. The summed E-state index contributed by atoms with van der Waals surface area (Å²) < 4.78 is 25.7. The van der Waals surface area contributed by atoms with Crippen LogP contribution < -0.4 is 10.0 Å². The van der Waals surface area contributed by atoms with E-state index in [0.29, 0.717) is 6.54 Å². The molecule has 3 N–H and O–H groups in total. The number of aliphatic hydroxyl groups is 1. The van der Waals surface area contributed by atoms with Gasteiger partial charge in [0.25, 0.3) is 0 Å². The third kappa shape index (κ3) is 4.19. The van der Waals surface area contributed by atoms with Gasteiger partial charge in [-0.1, -0.05) is 19.9 Å². The highest BCUT2D eigenvalue weighted by molar-refractivity contribution is 7.89. The van der Waals surface area contributed by atoms with Crippen LogP contribution in [0.3, 0.4) is 0 Å². The summed E-state index contributed by atoms with van der Waals surface area (Å²) in [7, 11) is -2.04. The lowest BCUT2D eigenvalue weighted by Crippen LogP contribution is -2.29. The van der Waals surface area contributed by atoms with Gasteiger partial charge in [-0.2, -0.15) is 0 Å². The number of rotatable bonds is 7. The van der Waals surface area contributed by atoms with Crippen molar-refractivity contribution < 1.29 is 13.5 Å². The number of anilines is 1. The van der Waals surface area contributed by atoms with Gasteiger partial charge in [0.1, 0.15) is 0 Å². The maximum atomic E-state index is 11.7. The Balaban J connectivity index is 2.84. The fraction of sp³-hybridized carbons (Fsp3) is 0.538. The summed E-state index contributed by atoms with van der Waals surface area (Å²) in [6.45, 7) is 4.67. The van der Waals surface area contributed by atoms with E-state index in [1.807, 2.05) is 19.9 Å². The molecular formula is C13H22N2O3S. The molecule has 6 heteroatoms. The van der Waals surface area contributed by atoms with Crippen molar-refractivity contribution in [2.75, 3.05) is 25.5 Å². The van der Waals surface area contributed by atoms with E-state index >= 15 is 0 Å². The average Bonchev–Trinajstić information content (AvgIpc) is 2.45. The number of hydrogen-bond donors (Lipinski definition) is 3. The molecular weight excluding hydrogens is 264 g/mol. The molecule has 0 saturated carbocycles. The van der Waals surface area contributed by atoms with E-state index in [-0.39, 0.29) is 16.9 Å². The van der Waals surface area contributed by atoms with Crippen molar-refractivity contribution in [3.63, 3.8) is 0 Å². The lowest BCUT2D eigenvalue weighted by Gasteiger charge is -2.26. The van der Waals surface area contributed by atoms with Gasteiger partial charge in [-0.3, -0.25) is 0 Å². The molecule has 0 aliphatic rings. The Hall–Kier alpha value is -1.11. The van der Waals surface area contributed by atoms with Crippen LogP contribution in [-0.4, -0.2) is 33.7 Å². The van der Waals surface area contributed by atoms with Crippen molar-refractivity contribution in [1.82, 2.24) is 4.72 Å². The molecule has 108 valence electrons. The maximum absolute atomic E-state index is 11.7. The van der Waals surface area contributed by atoms with Crippen molar-refractivity contribution in [3.05, 3.63) is 24.3 Å². The second kappa shape index (κ2) is 6.36. The molecule has 0 aromatic heterocycles. The summed E-state index contributed by atoms with van der Waals surface area (Å²) in [4.78, 5) is 0.224. The third-order valence-electron chi connectivity index (χ3n) is 3.37. The predicted octanol–water partition coefficient (Wildman–Crippen LogP) is 1.42. The van der Waals surface area contributed by atoms with Crippen LogP contribution in [0.5, 0.6) is 0 Å². The Labute approximate surface area is 115 Å². The van der Waals surface area contributed by atoms with Crippen molar-refractivity contribution in [3.8, 4) is 0 Å². The van der Waals surface area contributed by atoms with E-state index < -0.39 is 10.0 Å². The lowest BCUT2D eigenvalue weighted by atomic mass is 9.88. The van der Waals surface area contributed by atoms with Crippen molar-refractivity contribution in [2.24, 2.45) is 5.41 Å². The minimum Gasteiger partial charge on any atom is -0.396 e. The van der Waals surface area contributed by atoms with E-state index in [1.54, 1.807) is 18.2 Å². The molecule has 1 unspecified atom stereocenters. The molecule has 0 heterocycles. The van der Waals surface area contributed by atoms with Gasteiger partial charge in [0, 0.05) is 17.6 Å². The third-order valence-corrected chi connectivity index (χ3v) is 4.78. The van der Waals surface area contributed by atoms with Gasteiger partial charge in [0.15, 0.2) is 0 Å².